The summed E-state index contributed by atoms with van der Waals surface area (Å²) < 4.78 is 2.14. The van der Waals surface area contributed by atoms with Gasteiger partial charge in [0, 0.05) is 45.3 Å². The number of benzene rings is 1. The third-order valence-electron chi connectivity index (χ3n) is 5.15. The molecule has 0 bridgehead atoms. The van der Waals surface area contributed by atoms with E-state index in [4.69, 9.17) is 0 Å². The number of imidazole rings is 1. The molecule has 144 valence electrons. The number of nitrogens with zero attached hydrogens (tertiary/aromatic N) is 5. The van der Waals surface area contributed by atoms with Crippen molar-refractivity contribution in [2.45, 2.75) is 25.9 Å². The Morgan fingerprint density at radius 3 is 2.61 bits per heavy atom. The maximum absolute atomic E-state index is 12.9. The van der Waals surface area contributed by atoms with Crippen molar-refractivity contribution in [3.05, 3.63) is 78.0 Å². The van der Waals surface area contributed by atoms with Crippen molar-refractivity contribution >= 4 is 11.7 Å². The monoisotopic (exact) mass is 375 g/mol. The van der Waals surface area contributed by atoms with Gasteiger partial charge in [-0.05, 0) is 30.5 Å². The Hall–Kier alpha value is -3.15. The average molecular weight is 375 g/mol. The van der Waals surface area contributed by atoms with Gasteiger partial charge in [0.05, 0.1) is 12.1 Å². The number of pyridine rings is 1. The molecule has 2 aromatic heterocycles. The maximum atomic E-state index is 12.9. The molecule has 0 spiro atoms. The van der Waals surface area contributed by atoms with E-state index >= 15 is 0 Å². The van der Waals surface area contributed by atoms with Gasteiger partial charge in [-0.2, -0.15) is 0 Å². The summed E-state index contributed by atoms with van der Waals surface area (Å²) in [5, 5.41) is 0. The van der Waals surface area contributed by atoms with Crippen LogP contribution in [0.1, 0.15) is 34.6 Å². The fraction of sp³-hybridized carbons (Fsp3) is 0.318. The molecular weight excluding hydrogens is 350 g/mol. The maximum Gasteiger partial charge on any atom is 0.257 e. The second-order valence-corrected chi connectivity index (χ2v) is 7.19. The number of rotatable bonds is 6. The second kappa shape index (κ2) is 8.25. The zero-order chi connectivity index (χ0) is 19.3. The number of carbonyl (C=O) groups excluding carboxylic acids is 1. The van der Waals surface area contributed by atoms with Crippen LogP contribution in [0.25, 0.3) is 0 Å². The molecule has 0 unspecified atom stereocenters. The van der Waals surface area contributed by atoms with E-state index in [1.165, 1.54) is 5.56 Å². The molecule has 0 atom stereocenters. The molecule has 4 rings (SSSR count). The van der Waals surface area contributed by atoms with Crippen molar-refractivity contribution in [2.75, 3.05) is 25.0 Å². The topological polar surface area (TPSA) is 54.3 Å². The van der Waals surface area contributed by atoms with Gasteiger partial charge in [-0.25, -0.2) is 9.97 Å². The summed E-state index contributed by atoms with van der Waals surface area (Å²) in [7, 11) is 1.96. The van der Waals surface area contributed by atoms with Gasteiger partial charge in [-0.1, -0.05) is 30.3 Å². The Kier molecular flexibility index (Phi) is 5.37. The summed E-state index contributed by atoms with van der Waals surface area (Å²) in [5.41, 5.74) is 1.89. The largest absolute Gasteiger partial charge is 0.352 e. The van der Waals surface area contributed by atoms with Crippen LogP contribution in [0.3, 0.4) is 0 Å². The first-order valence-corrected chi connectivity index (χ1v) is 9.72. The molecule has 0 radical (unpaired) electrons. The van der Waals surface area contributed by atoms with Crippen LogP contribution in [0, 0.1) is 0 Å². The average Bonchev–Trinajstić information content (AvgIpc) is 3.41. The van der Waals surface area contributed by atoms with Crippen LogP contribution in [0.5, 0.6) is 0 Å². The number of likely N-dealkylation sites (tertiary alicyclic amines) is 1. The van der Waals surface area contributed by atoms with Crippen molar-refractivity contribution in [3.8, 4) is 0 Å². The van der Waals surface area contributed by atoms with E-state index in [0.29, 0.717) is 17.9 Å². The quantitative estimate of drug-likeness (QED) is 0.664. The Morgan fingerprint density at radius 1 is 1.04 bits per heavy atom. The summed E-state index contributed by atoms with van der Waals surface area (Å²) in [4.78, 5) is 25.9. The summed E-state index contributed by atoms with van der Waals surface area (Å²) in [6, 6.07) is 14.0. The van der Waals surface area contributed by atoms with E-state index in [1.54, 1.807) is 6.20 Å². The number of aromatic nitrogens is 3. The summed E-state index contributed by atoms with van der Waals surface area (Å²) in [6.45, 7) is 3.01. The van der Waals surface area contributed by atoms with Gasteiger partial charge in [0.2, 0.25) is 0 Å². The molecule has 1 fully saturated rings. The molecule has 1 aromatic carbocycles. The third-order valence-corrected chi connectivity index (χ3v) is 5.15. The minimum Gasteiger partial charge on any atom is -0.352 e. The first-order valence-electron chi connectivity index (χ1n) is 9.72. The second-order valence-electron chi connectivity index (χ2n) is 7.19. The van der Waals surface area contributed by atoms with Crippen LogP contribution >= 0.6 is 0 Å². The minimum atomic E-state index is 0.0695. The van der Waals surface area contributed by atoms with Crippen LogP contribution in [0.15, 0.2) is 61.1 Å². The van der Waals surface area contributed by atoms with Crippen molar-refractivity contribution < 1.29 is 4.79 Å². The van der Waals surface area contributed by atoms with Crippen molar-refractivity contribution in [1.29, 1.82) is 0 Å². The molecule has 1 aliphatic heterocycles. The predicted octanol–water partition coefficient (Wildman–Crippen LogP) is 3.20. The van der Waals surface area contributed by atoms with Crippen LogP contribution in [-0.2, 0) is 13.1 Å². The number of hydrogen-bond donors (Lipinski definition) is 0. The molecule has 0 saturated carbocycles. The molecule has 1 amide bonds. The Morgan fingerprint density at radius 2 is 1.82 bits per heavy atom. The SMILES string of the molecule is CN(Cc1nccn1Cc1ccccc1)c1ncccc1C(=O)N1CCCC1. The molecule has 0 N–H and O–H groups in total. The van der Waals surface area contributed by atoms with Crippen LogP contribution in [-0.4, -0.2) is 45.5 Å². The minimum absolute atomic E-state index is 0.0695. The van der Waals surface area contributed by atoms with Gasteiger partial charge < -0.3 is 14.4 Å². The highest BCUT2D eigenvalue weighted by molar-refractivity contribution is 5.99. The highest BCUT2D eigenvalue weighted by Gasteiger charge is 2.24. The molecule has 1 aliphatic rings. The number of amides is 1. The van der Waals surface area contributed by atoms with Gasteiger partial charge in [-0.15, -0.1) is 0 Å². The fourth-order valence-electron chi connectivity index (χ4n) is 3.66. The Labute approximate surface area is 165 Å². The van der Waals surface area contributed by atoms with E-state index in [9.17, 15) is 4.79 Å². The Balaban J connectivity index is 1.53. The number of carbonyl (C=O) groups is 1. The molecule has 6 nitrogen and oxygen atoms in total. The van der Waals surface area contributed by atoms with E-state index < -0.39 is 0 Å². The van der Waals surface area contributed by atoms with Gasteiger partial charge in [0.1, 0.15) is 11.6 Å². The van der Waals surface area contributed by atoms with Gasteiger partial charge in [0.25, 0.3) is 5.91 Å². The van der Waals surface area contributed by atoms with Crippen LogP contribution in [0.2, 0.25) is 0 Å². The molecular formula is C22H25N5O. The lowest BCUT2D eigenvalue weighted by atomic mass is 10.2. The van der Waals surface area contributed by atoms with Crippen LogP contribution < -0.4 is 4.90 Å². The molecule has 1 saturated heterocycles. The van der Waals surface area contributed by atoms with Crippen molar-refractivity contribution in [2.24, 2.45) is 0 Å². The van der Waals surface area contributed by atoms with Gasteiger partial charge >= 0.3 is 0 Å². The lowest BCUT2D eigenvalue weighted by Crippen LogP contribution is -2.30. The fourth-order valence-corrected chi connectivity index (χ4v) is 3.66. The lowest BCUT2D eigenvalue weighted by molar-refractivity contribution is 0.0793. The first-order chi connectivity index (χ1) is 13.7. The molecule has 6 heteroatoms. The van der Waals surface area contributed by atoms with E-state index in [-0.39, 0.29) is 5.91 Å². The van der Waals surface area contributed by atoms with Gasteiger partial charge in [-0.3, -0.25) is 4.79 Å². The van der Waals surface area contributed by atoms with Crippen molar-refractivity contribution in [3.63, 3.8) is 0 Å². The third kappa shape index (κ3) is 3.91. The van der Waals surface area contributed by atoms with E-state index in [0.717, 1.165) is 38.3 Å². The standard InChI is InChI=1S/C22H25N5O/c1-25(17-20-23-12-15-27(20)16-18-8-3-2-4-9-18)21-19(10-7-11-24-21)22(28)26-13-5-6-14-26/h2-4,7-12,15H,5-6,13-14,16-17H2,1H3. The first kappa shape index (κ1) is 18.2. The highest BCUT2D eigenvalue weighted by Crippen LogP contribution is 2.22. The summed E-state index contributed by atoms with van der Waals surface area (Å²) in [5.74, 6) is 1.71. The molecule has 28 heavy (non-hydrogen) atoms. The van der Waals surface area contributed by atoms with Crippen LogP contribution in [0.4, 0.5) is 5.82 Å². The summed E-state index contributed by atoms with van der Waals surface area (Å²) >= 11 is 0. The molecule has 3 aromatic rings. The number of anilines is 1. The smallest absolute Gasteiger partial charge is 0.257 e. The normalized spacial score (nSPS) is 13.7. The van der Waals surface area contributed by atoms with E-state index in [1.807, 2.05) is 59.6 Å². The highest BCUT2D eigenvalue weighted by atomic mass is 16.2. The Bertz CT molecular complexity index is 931. The van der Waals surface area contributed by atoms with Crippen molar-refractivity contribution in [1.82, 2.24) is 19.4 Å². The summed E-state index contributed by atoms with van der Waals surface area (Å²) in [6.07, 6.45) is 7.71. The zero-order valence-electron chi connectivity index (χ0n) is 16.2. The molecule has 3 heterocycles. The predicted molar refractivity (Wildman–Crippen MR) is 109 cm³/mol. The van der Waals surface area contributed by atoms with Gasteiger partial charge in [0.15, 0.2) is 0 Å². The zero-order valence-corrected chi connectivity index (χ0v) is 16.2. The lowest BCUT2D eigenvalue weighted by Gasteiger charge is -2.23. The number of hydrogen-bond acceptors (Lipinski definition) is 4. The van der Waals surface area contributed by atoms with E-state index in [2.05, 4.69) is 26.7 Å². The molecule has 0 aliphatic carbocycles.